The standard InChI is InChI=1S/C19H24ClN3O5/c1-11-6-4-5-7-19(11)17(25)23(18(26)22-19)10-16(24)21-13-9-15(28-3)14(27-2)8-12(13)20/h8-9,11H,4-7,10H2,1-3H3,(H,21,24)(H,22,26). The van der Waals surface area contributed by atoms with Crippen molar-refractivity contribution in [3.8, 4) is 11.5 Å². The minimum atomic E-state index is -0.892. The molecule has 1 aromatic carbocycles. The normalized spacial score (nSPS) is 24.3. The van der Waals surface area contributed by atoms with E-state index in [1.807, 2.05) is 6.92 Å². The maximum Gasteiger partial charge on any atom is 0.325 e. The number of hydrogen-bond donors (Lipinski definition) is 2. The van der Waals surface area contributed by atoms with E-state index in [-0.39, 0.29) is 23.4 Å². The van der Waals surface area contributed by atoms with Crippen LogP contribution in [0, 0.1) is 5.92 Å². The molecule has 9 heteroatoms. The van der Waals surface area contributed by atoms with Crippen LogP contribution in [0.2, 0.25) is 5.02 Å². The van der Waals surface area contributed by atoms with E-state index in [9.17, 15) is 14.4 Å². The second-order valence-electron chi connectivity index (χ2n) is 7.17. The lowest BCUT2D eigenvalue weighted by Gasteiger charge is -2.36. The number of halogens is 1. The largest absolute Gasteiger partial charge is 0.493 e. The van der Waals surface area contributed by atoms with Gasteiger partial charge in [-0.15, -0.1) is 0 Å². The first kappa shape index (κ1) is 20.3. The van der Waals surface area contributed by atoms with Crippen LogP contribution in [-0.2, 0) is 9.59 Å². The summed E-state index contributed by atoms with van der Waals surface area (Å²) in [5, 5.41) is 5.70. The van der Waals surface area contributed by atoms with Crippen LogP contribution in [0.25, 0.3) is 0 Å². The molecule has 1 heterocycles. The highest BCUT2D eigenvalue weighted by atomic mass is 35.5. The quantitative estimate of drug-likeness (QED) is 0.729. The number of benzene rings is 1. The lowest BCUT2D eigenvalue weighted by molar-refractivity contribution is -0.136. The summed E-state index contributed by atoms with van der Waals surface area (Å²) < 4.78 is 10.4. The Morgan fingerprint density at radius 1 is 1.29 bits per heavy atom. The molecule has 1 aromatic rings. The molecular weight excluding hydrogens is 386 g/mol. The van der Waals surface area contributed by atoms with Gasteiger partial charge in [0, 0.05) is 12.1 Å². The minimum absolute atomic E-state index is 0.0334. The Balaban J connectivity index is 1.73. The van der Waals surface area contributed by atoms with Crippen molar-refractivity contribution in [2.45, 2.75) is 38.1 Å². The average Bonchev–Trinajstić information content (AvgIpc) is 2.90. The predicted molar refractivity (Wildman–Crippen MR) is 104 cm³/mol. The third-order valence-corrected chi connectivity index (χ3v) is 5.86. The minimum Gasteiger partial charge on any atom is -0.493 e. The molecule has 152 valence electrons. The number of amides is 4. The Bertz CT molecular complexity index is 815. The molecule has 1 spiro atoms. The molecule has 28 heavy (non-hydrogen) atoms. The fourth-order valence-corrected chi connectivity index (χ4v) is 4.12. The van der Waals surface area contributed by atoms with Gasteiger partial charge in [-0.05, 0) is 18.8 Å². The average molecular weight is 410 g/mol. The Morgan fingerprint density at radius 3 is 2.61 bits per heavy atom. The van der Waals surface area contributed by atoms with E-state index in [4.69, 9.17) is 21.1 Å². The zero-order valence-electron chi connectivity index (χ0n) is 16.1. The van der Waals surface area contributed by atoms with Crippen molar-refractivity contribution in [3.63, 3.8) is 0 Å². The topological polar surface area (TPSA) is 97.0 Å². The van der Waals surface area contributed by atoms with Gasteiger partial charge in [-0.1, -0.05) is 31.4 Å². The van der Waals surface area contributed by atoms with Gasteiger partial charge in [-0.3, -0.25) is 14.5 Å². The second-order valence-corrected chi connectivity index (χ2v) is 7.58. The molecule has 2 unspecified atom stereocenters. The van der Waals surface area contributed by atoms with E-state index in [1.54, 1.807) is 0 Å². The first-order valence-corrected chi connectivity index (χ1v) is 9.55. The number of carbonyl (C=O) groups excluding carboxylic acids is 3. The van der Waals surface area contributed by atoms with E-state index in [1.165, 1.54) is 26.4 Å². The van der Waals surface area contributed by atoms with E-state index >= 15 is 0 Å². The highest BCUT2D eigenvalue weighted by molar-refractivity contribution is 6.34. The van der Waals surface area contributed by atoms with E-state index in [0.29, 0.717) is 23.6 Å². The van der Waals surface area contributed by atoms with E-state index in [2.05, 4.69) is 10.6 Å². The molecule has 1 saturated carbocycles. The molecule has 3 rings (SSSR count). The Morgan fingerprint density at radius 2 is 1.96 bits per heavy atom. The lowest BCUT2D eigenvalue weighted by Crippen LogP contribution is -2.54. The molecule has 2 aliphatic rings. The SMILES string of the molecule is COc1cc(Cl)c(NC(=O)CN2C(=O)NC3(CCCCC3C)C2=O)cc1OC. The molecule has 2 N–H and O–H groups in total. The summed E-state index contributed by atoms with van der Waals surface area (Å²) in [6.07, 6.45) is 3.37. The van der Waals surface area contributed by atoms with Crippen molar-refractivity contribution in [1.29, 1.82) is 0 Å². The molecule has 2 fully saturated rings. The third kappa shape index (κ3) is 3.48. The summed E-state index contributed by atoms with van der Waals surface area (Å²) in [5.41, 5.74) is -0.589. The van der Waals surface area contributed by atoms with Crippen LogP contribution in [-0.4, -0.2) is 49.0 Å². The fourth-order valence-electron chi connectivity index (χ4n) is 3.92. The van der Waals surface area contributed by atoms with Gasteiger partial charge in [0.05, 0.1) is 24.9 Å². The van der Waals surface area contributed by atoms with Crippen LogP contribution < -0.4 is 20.1 Å². The highest BCUT2D eigenvalue weighted by Gasteiger charge is 2.55. The van der Waals surface area contributed by atoms with Crippen molar-refractivity contribution in [2.75, 3.05) is 26.1 Å². The maximum absolute atomic E-state index is 12.9. The number of nitrogens with one attached hydrogen (secondary N) is 2. The molecule has 4 amide bonds. The van der Waals surface area contributed by atoms with Crippen LogP contribution in [0.4, 0.5) is 10.5 Å². The summed E-state index contributed by atoms with van der Waals surface area (Å²) in [7, 11) is 2.95. The van der Waals surface area contributed by atoms with Crippen molar-refractivity contribution in [3.05, 3.63) is 17.2 Å². The van der Waals surface area contributed by atoms with Gasteiger partial charge in [-0.25, -0.2) is 4.79 Å². The smallest absolute Gasteiger partial charge is 0.325 e. The second kappa shape index (κ2) is 7.87. The number of methoxy groups -OCH3 is 2. The molecule has 1 aliphatic heterocycles. The van der Waals surface area contributed by atoms with Gasteiger partial charge in [-0.2, -0.15) is 0 Å². The number of nitrogens with zero attached hydrogens (tertiary/aromatic N) is 1. The summed E-state index contributed by atoms with van der Waals surface area (Å²) in [6.45, 7) is 1.58. The first-order chi connectivity index (χ1) is 13.3. The highest BCUT2D eigenvalue weighted by Crippen LogP contribution is 2.38. The van der Waals surface area contributed by atoms with Crippen molar-refractivity contribution >= 4 is 35.1 Å². The van der Waals surface area contributed by atoms with Crippen molar-refractivity contribution in [2.24, 2.45) is 5.92 Å². The molecular formula is C19H24ClN3O5. The van der Waals surface area contributed by atoms with Gasteiger partial charge in [0.15, 0.2) is 11.5 Å². The number of hydrogen-bond acceptors (Lipinski definition) is 5. The summed E-state index contributed by atoms with van der Waals surface area (Å²) >= 11 is 6.18. The molecule has 1 aliphatic carbocycles. The van der Waals surface area contributed by atoms with Crippen LogP contribution in [0.1, 0.15) is 32.6 Å². The van der Waals surface area contributed by atoms with Gasteiger partial charge in [0.1, 0.15) is 12.1 Å². The molecule has 1 saturated heterocycles. The predicted octanol–water partition coefficient (Wildman–Crippen LogP) is 2.80. The lowest BCUT2D eigenvalue weighted by atomic mass is 9.73. The number of ether oxygens (including phenoxy) is 2. The van der Waals surface area contributed by atoms with Gasteiger partial charge >= 0.3 is 6.03 Å². The fraction of sp³-hybridized carbons (Fsp3) is 0.526. The van der Waals surface area contributed by atoms with E-state index in [0.717, 1.165) is 24.2 Å². The van der Waals surface area contributed by atoms with Crippen LogP contribution >= 0.6 is 11.6 Å². The molecule has 2 atom stereocenters. The molecule has 0 radical (unpaired) electrons. The summed E-state index contributed by atoms with van der Waals surface area (Å²) in [6, 6.07) is 2.50. The Hall–Kier alpha value is -2.48. The number of imide groups is 1. The molecule has 8 nitrogen and oxygen atoms in total. The van der Waals surface area contributed by atoms with Crippen LogP contribution in [0.5, 0.6) is 11.5 Å². The van der Waals surface area contributed by atoms with Crippen molar-refractivity contribution < 1.29 is 23.9 Å². The third-order valence-electron chi connectivity index (χ3n) is 5.55. The molecule has 0 bridgehead atoms. The van der Waals surface area contributed by atoms with Crippen LogP contribution in [0.3, 0.4) is 0 Å². The monoisotopic (exact) mass is 409 g/mol. The first-order valence-electron chi connectivity index (χ1n) is 9.18. The number of urea groups is 1. The summed E-state index contributed by atoms with van der Waals surface area (Å²) in [5.74, 6) is -0.0116. The molecule has 0 aromatic heterocycles. The van der Waals surface area contributed by atoms with Crippen molar-refractivity contribution in [1.82, 2.24) is 10.2 Å². The number of rotatable bonds is 5. The maximum atomic E-state index is 12.9. The van der Waals surface area contributed by atoms with E-state index < -0.39 is 17.5 Å². The zero-order valence-corrected chi connectivity index (χ0v) is 16.9. The van der Waals surface area contributed by atoms with Gasteiger partial charge < -0.3 is 20.1 Å². The Kier molecular flexibility index (Phi) is 5.69. The summed E-state index contributed by atoms with van der Waals surface area (Å²) in [4.78, 5) is 38.8. The number of anilines is 1. The Labute approximate surface area is 168 Å². The van der Waals surface area contributed by atoms with Gasteiger partial charge in [0.2, 0.25) is 5.91 Å². The van der Waals surface area contributed by atoms with Crippen LogP contribution in [0.15, 0.2) is 12.1 Å². The van der Waals surface area contributed by atoms with Gasteiger partial charge in [0.25, 0.3) is 5.91 Å². The number of carbonyl (C=O) groups is 3. The zero-order chi connectivity index (χ0) is 20.5.